The number of benzene rings is 1. The van der Waals surface area contributed by atoms with E-state index in [-0.39, 0.29) is 12.4 Å². The van der Waals surface area contributed by atoms with Crippen LogP contribution in [0.3, 0.4) is 0 Å². The average Bonchev–Trinajstić information content (AvgIpc) is 3.38. The van der Waals surface area contributed by atoms with Crippen molar-refractivity contribution in [1.29, 1.82) is 0 Å². The van der Waals surface area contributed by atoms with Gasteiger partial charge in [0.2, 0.25) is 0 Å². The van der Waals surface area contributed by atoms with Gasteiger partial charge in [0.25, 0.3) is 0 Å². The van der Waals surface area contributed by atoms with Crippen LogP contribution in [0.15, 0.2) is 49.2 Å². The van der Waals surface area contributed by atoms with E-state index in [1.54, 1.807) is 12.1 Å². The predicted molar refractivity (Wildman–Crippen MR) is 95.5 cm³/mol. The molecule has 0 bridgehead atoms. The van der Waals surface area contributed by atoms with Crippen molar-refractivity contribution in [3.05, 3.63) is 60.3 Å². The normalized spacial score (nSPS) is 14.8. The molecule has 0 N–H and O–H groups in total. The fraction of sp³-hybridized carbons (Fsp3) is 0.368. The third-order valence-corrected chi connectivity index (χ3v) is 4.09. The third-order valence-electron chi connectivity index (χ3n) is 4.09. The molecule has 8 nitrogen and oxygen atoms in total. The van der Waals surface area contributed by atoms with Crippen molar-refractivity contribution in [3.8, 4) is 5.75 Å². The quantitative estimate of drug-likeness (QED) is 0.449. The first kappa shape index (κ1) is 21.5. The van der Waals surface area contributed by atoms with Gasteiger partial charge in [0.1, 0.15) is 24.9 Å². The van der Waals surface area contributed by atoms with E-state index in [1.165, 1.54) is 36.3 Å². The molecule has 0 unspecified atom stereocenters. The van der Waals surface area contributed by atoms with Crippen molar-refractivity contribution in [2.24, 2.45) is 0 Å². The zero-order valence-electron chi connectivity index (χ0n) is 15.9. The molecule has 0 radical (unpaired) electrons. The van der Waals surface area contributed by atoms with Gasteiger partial charge in [-0.1, -0.05) is 12.1 Å². The summed E-state index contributed by atoms with van der Waals surface area (Å²) in [7, 11) is 1.50. The molecule has 1 aromatic heterocycles. The molecular formula is C19H19F3N2O6. The maximum Gasteiger partial charge on any atom is 0.471 e. The summed E-state index contributed by atoms with van der Waals surface area (Å²) in [5.41, 5.74) is 1.10. The molecule has 0 aliphatic carbocycles. The van der Waals surface area contributed by atoms with Crippen LogP contribution in [0.4, 0.5) is 13.2 Å². The van der Waals surface area contributed by atoms with E-state index >= 15 is 0 Å². The van der Waals surface area contributed by atoms with Crippen LogP contribution in [-0.4, -0.2) is 54.6 Å². The molecule has 1 aromatic carbocycles. The molecule has 11 heteroatoms. The monoisotopic (exact) mass is 428 g/mol. The highest BCUT2D eigenvalue weighted by atomic mass is 19.4. The molecule has 0 spiro atoms. The number of rotatable bonds is 9. The zero-order valence-corrected chi connectivity index (χ0v) is 15.9. The van der Waals surface area contributed by atoms with E-state index in [2.05, 4.69) is 14.6 Å². The number of esters is 1. The topological polar surface area (TPSA) is 81.0 Å². The van der Waals surface area contributed by atoms with Crippen LogP contribution in [0.5, 0.6) is 5.75 Å². The highest BCUT2D eigenvalue weighted by Gasteiger charge is 2.62. The van der Waals surface area contributed by atoms with Crippen LogP contribution in [0.25, 0.3) is 0 Å². The first-order valence-electron chi connectivity index (χ1n) is 8.81. The lowest BCUT2D eigenvalue weighted by atomic mass is 10.2. The largest absolute Gasteiger partial charge is 0.485 e. The first-order valence-corrected chi connectivity index (χ1v) is 8.81. The molecule has 0 saturated heterocycles. The Bertz CT molecular complexity index is 871. The van der Waals surface area contributed by atoms with E-state index in [1.807, 2.05) is 0 Å². The average molecular weight is 428 g/mol. The molecule has 162 valence electrons. The number of aromatic nitrogens is 2. The Hall–Kier alpha value is -3.21. The zero-order chi connectivity index (χ0) is 21.6. The van der Waals surface area contributed by atoms with Gasteiger partial charge in [-0.15, -0.1) is 0 Å². The van der Waals surface area contributed by atoms with Gasteiger partial charge in [-0.3, -0.25) is 4.68 Å². The highest BCUT2D eigenvalue weighted by molar-refractivity contribution is 5.88. The molecular weight excluding hydrogens is 409 g/mol. The Balaban J connectivity index is 1.54. The van der Waals surface area contributed by atoms with Crippen molar-refractivity contribution in [2.45, 2.75) is 18.5 Å². The lowest BCUT2D eigenvalue weighted by Crippen LogP contribution is -2.51. The third kappa shape index (κ3) is 5.03. The fourth-order valence-electron chi connectivity index (χ4n) is 2.50. The van der Waals surface area contributed by atoms with E-state index in [9.17, 15) is 18.0 Å². The minimum atomic E-state index is -4.76. The summed E-state index contributed by atoms with van der Waals surface area (Å²) in [6.07, 6.45) is -0.191. The molecule has 0 saturated carbocycles. The Kier molecular flexibility index (Phi) is 6.50. The van der Waals surface area contributed by atoms with E-state index in [4.69, 9.17) is 14.2 Å². The molecule has 2 aromatic rings. The van der Waals surface area contributed by atoms with Crippen molar-refractivity contribution < 1.29 is 41.7 Å². The Morgan fingerprint density at radius 2 is 1.87 bits per heavy atom. The van der Waals surface area contributed by atoms with Crippen molar-refractivity contribution >= 4 is 5.97 Å². The minimum absolute atomic E-state index is 0.143. The number of hydrogen-bond donors (Lipinski definition) is 0. The summed E-state index contributed by atoms with van der Waals surface area (Å²) in [6.45, 7) is -0.0816. The minimum Gasteiger partial charge on any atom is -0.485 e. The van der Waals surface area contributed by atoms with Crippen molar-refractivity contribution in [2.75, 3.05) is 26.9 Å². The second-order valence-electron chi connectivity index (χ2n) is 6.25. The molecule has 1 aliphatic rings. The molecule has 1 aliphatic heterocycles. The molecule has 0 amide bonds. The summed E-state index contributed by atoms with van der Waals surface area (Å²) in [4.78, 5) is 11.9. The number of hydrogen-bond acceptors (Lipinski definition) is 7. The van der Waals surface area contributed by atoms with Gasteiger partial charge in [-0.05, 0) is 17.7 Å². The number of ether oxygens (including phenoxy) is 5. The summed E-state index contributed by atoms with van der Waals surface area (Å²) >= 11 is 0. The van der Waals surface area contributed by atoms with Gasteiger partial charge in [0.05, 0.1) is 24.9 Å². The van der Waals surface area contributed by atoms with Gasteiger partial charge >= 0.3 is 17.9 Å². The van der Waals surface area contributed by atoms with Gasteiger partial charge in [0, 0.05) is 13.3 Å². The Labute approximate surface area is 169 Å². The van der Waals surface area contributed by atoms with Crippen molar-refractivity contribution in [1.82, 2.24) is 9.78 Å². The van der Waals surface area contributed by atoms with E-state index in [0.717, 1.165) is 18.1 Å². The van der Waals surface area contributed by atoms with Crippen LogP contribution in [0.2, 0.25) is 0 Å². The fourth-order valence-corrected chi connectivity index (χ4v) is 2.50. The summed E-state index contributed by atoms with van der Waals surface area (Å²) < 4.78 is 65.2. The van der Waals surface area contributed by atoms with Crippen LogP contribution in [-0.2, 0) is 25.5 Å². The number of methoxy groups -OCH3 is 1. The van der Waals surface area contributed by atoms with Crippen molar-refractivity contribution in [3.63, 3.8) is 0 Å². The summed E-state index contributed by atoms with van der Waals surface area (Å²) in [5.74, 6) is -3.15. The molecule has 0 atom stereocenters. The van der Waals surface area contributed by atoms with Crippen LogP contribution < -0.4 is 4.74 Å². The number of halogens is 3. The van der Waals surface area contributed by atoms with Gasteiger partial charge in [0.15, 0.2) is 6.61 Å². The van der Waals surface area contributed by atoms with Gasteiger partial charge in [-0.25, -0.2) is 4.79 Å². The molecule has 2 heterocycles. The number of carbonyl (C=O) groups excluding carboxylic acids is 1. The Morgan fingerprint density at radius 1 is 1.17 bits per heavy atom. The molecule has 0 fully saturated rings. The van der Waals surface area contributed by atoms with Crippen LogP contribution in [0.1, 0.15) is 15.9 Å². The molecule has 3 rings (SSSR count). The van der Waals surface area contributed by atoms with Gasteiger partial charge in [-0.2, -0.15) is 18.3 Å². The summed E-state index contributed by atoms with van der Waals surface area (Å²) in [5, 5.41) is 4.10. The summed E-state index contributed by atoms with van der Waals surface area (Å²) in [6, 6.07) is 6.38. The van der Waals surface area contributed by atoms with E-state index < -0.39 is 24.5 Å². The van der Waals surface area contributed by atoms with Crippen LogP contribution >= 0.6 is 0 Å². The first-order chi connectivity index (χ1) is 14.3. The van der Waals surface area contributed by atoms with Gasteiger partial charge < -0.3 is 23.7 Å². The maximum atomic E-state index is 13.2. The number of carbonyl (C=O) groups is 1. The predicted octanol–water partition coefficient (Wildman–Crippen LogP) is 2.89. The second kappa shape index (κ2) is 9.08. The maximum absolute atomic E-state index is 13.2. The smallest absolute Gasteiger partial charge is 0.471 e. The number of nitrogens with zero attached hydrogens (tertiary/aromatic N) is 2. The number of alkyl halides is 3. The second-order valence-corrected chi connectivity index (χ2v) is 6.25. The van der Waals surface area contributed by atoms with Crippen LogP contribution in [0, 0.1) is 0 Å². The van der Waals surface area contributed by atoms with E-state index in [0.29, 0.717) is 18.7 Å². The standard InChI is InChI=1S/C19H19F3N2O6/c1-26-6-7-27-17(25)15-10-23-24(12-15)11-14-2-4-16(5-3-14)28-13-18(19(20,21)22)29-8-9-30-18/h2-5,8-10,12H,6-7,11,13H2,1H3. The lowest BCUT2D eigenvalue weighted by molar-refractivity contribution is -0.343. The molecule has 30 heavy (non-hydrogen) atoms. The SMILES string of the molecule is COCCOC(=O)c1cnn(Cc2ccc(OCC3(C(F)(F)F)OC=CO3)cc2)c1. The highest BCUT2D eigenvalue weighted by Crippen LogP contribution is 2.38. The lowest BCUT2D eigenvalue weighted by Gasteiger charge is -2.29. The Morgan fingerprint density at radius 3 is 2.50 bits per heavy atom.